The van der Waals surface area contributed by atoms with E-state index in [1.165, 1.54) is 0 Å². The van der Waals surface area contributed by atoms with Gasteiger partial charge in [-0.1, -0.05) is 41.6 Å². The molecule has 5 N–H and O–H groups in total. The monoisotopic (exact) mass is 482 g/mol. The number of benzene rings is 3. The minimum Gasteiger partial charge on any atom is -0.508 e. The number of carbonyl (C=O) groups excluding carboxylic acids is 1. The zero-order chi connectivity index (χ0) is 23.4. The Hall–Kier alpha value is -3.92. The van der Waals surface area contributed by atoms with E-state index >= 15 is 0 Å². The summed E-state index contributed by atoms with van der Waals surface area (Å²) in [6, 6.07) is 18.7. The molecule has 10 heteroatoms. The molecule has 0 saturated carbocycles. The summed E-state index contributed by atoms with van der Waals surface area (Å²) in [5.74, 6) is 0.968. The SMILES string of the molecule is COc1ccc(-c2nc(-c3ccc(C[C@H](N)C(=O)NO)cc3)no2)cc1-c1ccc(O)cc1.Cl. The van der Waals surface area contributed by atoms with Crippen molar-refractivity contribution in [3.8, 4) is 45.5 Å². The minimum atomic E-state index is -0.851. The van der Waals surface area contributed by atoms with E-state index in [1.807, 2.05) is 42.5 Å². The van der Waals surface area contributed by atoms with E-state index < -0.39 is 11.9 Å². The maximum atomic E-state index is 11.4. The number of amides is 1. The van der Waals surface area contributed by atoms with E-state index in [-0.39, 0.29) is 24.6 Å². The number of carbonyl (C=O) groups is 1. The summed E-state index contributed by atoms with van der Waals surface area (Å²) < 4.78 is 11.0. The van der Waals surface area contributed by atoms with Crippen LogP contribution < -0.4 is 16.0 Å². The summed E-state index contributed by atoms with van der Waals surface area (Å²) in [4.78, 5) is 15.9. The number of halogens is 1. The molecule has 1 amide bonds. The first-order valence-electron chi connectivity index (χ1n) is 10.1. The number of methoxy groups -OCH3 is 1. The Morgan fingerprint density at radius 3 is 2.35 bits per heavy atom. The zero-order valence-corrected chi connectivity index (χ0v) is 19.0. The third kappa shape index (κ3) is 5.34. The first kappa shape index (κ1) is 24.7. The quantitative estimate of drug-likeness (QED) is 0.231. The van der Waals surface area contributed by atoms with Crippen molar-refractivity contribution in [3.63, 3.8) is 0 Å². The lowest BCUT2D eigenvalue weighted by molar-refractivity contribution is -0.130. The number of hydrogen-bond donors (Lipinski definition) is 4. The Bertz CT molecular complexity index is 1260. The van der Waals surface area contributed by atoms with Gasteiger partial charge in [0.1, 0.15) is 11.5 Å². The fourth-order valence-corrected chi connectivity index (χ4v) is 3.39. The molecule has 0 saturated heterocycles. The van der Waals surface area contributed by atoms with Crippen LogP contribution in [-0.2, 0) is 11.2 Å². The number of nitrogens with one attached hydrogen (secondary N) is 1. The van der Waals surface area contributed by atoms with Crippen LogP contribution in [0.5, 0.6) is 11.5 Å². The molecule has 1 atom stereocenters. The molecule has 0 aliphatic rings. The average molecular weight is 483 g/mol. The van der Waals surface area contributed by atoms with Crippen LogP contribution in [0.1, 0.15) is 5.56 Å². The van der Waals surface area contributed by atoms with Gasteiger partial charge in [-0.15, -0.1) is 12.4 Å². The van der Waals surface area contributed by atoms with Crippen LogP contribution in [0.15, 0.2) is 71.3 Å². The van der Waals surface area contributed by atoms with Crippen LogP contribution in [0.25, 0.3) is 34.0 Å². The van der Waals surface area contributed by atoms with Gasteiger partial charge >= 0.3 is 0 Å². The molecule has 0 aliphatic heterocycles. The predicted octanol–water partition coefficient (Wildman–Crippen LogP) is 3.58. The molecule has 0 unspecified atom stereocenters. The first-order valence-corrected chi connectivity index (χ1v) is 10.1. The van der Waals surface area contributed by atoms with Gasteiger partial charge in [-0.2, -0.15) is 4.98 Å². The summed E-state index contributed by atoms with van der Waals surface area (Å²) >= 11 is 0. The van der Waals surface area contributed by atoms with Crippen LogP contribution in [0.2, 0.25) is 0 Å². The van der Waals surface area contributed by atoms with E-state index in [2.05, 4.69) is 10.1 Å². The molecule has 34 heavy (non-hydrogen) atoms. The summed E-state index contributed by atoms with van der Waals surface area (Å²) in [5, 5.41) is 22.3. The Balaban J connectivity index is 0.00000324. The van der Waals surface area contributed by atoms with Crippen LogP contribution in [-0.4, -0.2) is 39.5 Å². The maximum Gasteiger partial charge on any atom is 0.260 e. The lowest BCUT2D eigenvalue weighted by Gasteiger charge is -2.10. The fraction of sp³-hybridized carbons (Fsp3) is 0.125. The number of aromatic hydroxyl groups is 1. The van der Waals surface area contributed by atoms with Crippen molar-refractivity contribution in [2.75, 3.05) is 7.11 Å². The highest BCUT2D eigenvalue weighted by Gasteiger charge is 2.16. The van der Waals surface area contributed by atoms with Crippen molar-refractivity contribution in [2.45, 2.75) is 12.5 Å². The van der Waals surface area contributed by atoms with Crippen molar-refractivity contribution in [2.24, 2.45) is 5.73 Å². The second kappa shape index (κ2) is 10.8. The second-order valence-corrected chi connectivity index (χ2v) is 7.37. The first-order chi connectivity index (χ1) is 16.0. The van der Waals surface area contributed by atoms with Crippen molar-refractivity contribution in [1.82, 2.24) is 15.6 Å². The topological polar surface area (TPSA) is 144 Å². The number of hydrogen-bond acceptors (Lipinski definition) is 8. The number of aromatic nitrogens is 2. The summed E-state index contributed by atoms with van der Waals surface area (Å²) in [6.45, 7) is 0. The van der Waals surface area contributed by atoms with Crippen LogP contribution >= 0.6 is 12.4 Å². The van der Waals surface area contributed by atoms with Crippen molar-refractivity contribution in [3.05, 3.63) is 72.3 Å². The maximum absolute atomic E-state index is 11.4. The van der Waals surface area contributed by atoms with Gasteiger partial charge in [-0.05, 0) is 47.9 Å². The molecule has 1 heterocycles. The summed E-state index contributed by atoms with van der Waals surface area (Å²) in [7, 11) is 1.59. The highest BCUT2D eigenvalue weighted by atomic mass is 35.5. The predicted molar refractivity (Wildman–Crippen MR) is 128 cm³/mol. The number of nitrogens with zero attached hydrogens (tertiary/aromatic N) is 2. The molecule has 9 nitrogen and oxygen atoms in total. The third-order valence-electron chi connectivity index (χ3n) is 5.17. The molecule has 0 aliphatic carbocycles. The smallest absolute Gasteiger partial charge is 0.260 e. The molecule has 0 radical (unpaired) electrons. The summed E-state index contributed by atoms with van der Waals surface area (Å²) in [5.41, 5.74) is 11.2. The van der Waals surface area contributed by atoms with E-state index in [0.29, 0.717) is 17.5 Å². The molecular formula is C24H23ClN4O5. The lowest BCUT2D eigenvalue weighted by atomic mass is 10.0. The molecule has 0 bridgehead atoms. The number of nitrogens with two attached hydrogens (primary N) is 1. The van der Waals surface area contributed by atoms with Gasteiger partial charge in [0.05, 0.1) is 13.2 Å². The number of ether oxygens (including phenoxy) is 1. The molecule has 176 valence electrons. The zero-order valence-electron chi connectivity index (χ0n) is 18.1. The third-order valence-corrected chi connectivity index (χ3v) is 5.17. The van der Waals surface area contributed by atoms with Crippen molar-refractivity contribution in [1.29, 1.82) is 0 Å². The van der Waals surface area contributed by atoms with E-state index in [4.69, 9.17) is 20.2 Å². The Morgan fingerprint density at radius 1 is 1.06 bits per heavy atom. The standard InChI is InChI=1S/C24H22N4O5.ClH/c1-32-21-11-8-17(13-19(21)15-6-9-18(29)10-7-15)24-26-22(28-33-24)16-4-2-14(3-5-16)12-20(25)23(30)27-31;/h2-11,13,20,29,31H,12,25H2,1H3,(H,27,30);1H/t20-;/m0./s1. The molecule has 3 aromatic carbocycles. The van der Waals surface area contributed by atoms with E-state index in [9.17, 15) is 9.90 Å². The molecule has 4 rings (SSSR count). The lowest BCUT2D eigenvalue weighted by Crippen LogP contribution is -2.40. The van der Waals surface area contributed by atoms with E-state index in [0.717, 1.165) is 27.8 Å². The van der Waals surface area contributed by atoms with Crippen molar-refractivity contribution >= 4 is 18.3 Å². The van der Waals surface area contributed by atoms with E-state index in [1.54, 1.807) is 36.9 Å². The van der Waals surface area contributed by atoms with Gasteiger partial charge in [0.25, 0.3) is 11.8 Å². The molecule has 0 spiro atoms. The molecule has 4 aromatic rings. The number of rotatable bonds is 7. The van der Waals surface area contributed by atoms with Gasteiger partial charge in [0, 0.05) is 16.7 Å². The van der Waals surface area contributed by atoms with Crippen LogP contribution in [0.3, 0.4) is 0 Å². The highest BCUT2D eigenvalue weighted by molar-refractivity contribution is 5.85. The normalized spacial score (nSPS) is 11.4. The van der Waals surface area contributed by atoms with Gasteiger partial charge in [0.2, 0.25) is 5.82 Å². The Labute approximate surface area is 201 Å². The molecular weight excluding hydrogens is 460 g/mol. The summed E-state index contributed by atoms with van der Waals surface area (Å²) in [6.07, 6.45) is 0.274. The largest absolute Gasteiger partial charge is 0.508 e. The van der Waals surface area contributed by atoms with Crippen LogP contribution in [0, 0.1) is 0 Å². The minimum absolute atomic E-state index is 0. The highest BCUT2D eigenvalue weighted by Crippen LogP contribution is 2.35. The van der Waals surface area contributed by atoms with Gasteiger partial charge in [-0.25, -0.2) is 5.48 Å². The fourth-order valence-electron chi connectivity index (χ4n) is 3.39. The van der Waals surface area contributed by atoms with Gasteiger partial charge in [-0.3, -0.25) is 10.0 Å². The number of phenols is 1. The van der Waals surface area contributed by atoms with Gasteiger partial charge in [0.15, 0.2) is 0 Å². The second-order valence-electron chi connectivity index (χ2n) is 7.37. The average Bonchev–Trinajstić information content (AvgIpc) is 3.34. The number of phenolic OH excluding ortho intramolecular Hbond substituents is 1. The van der Waals surface area contributed by atoms with Crippen molar-refractivity contribution < 1.29 is 24.4 Å². The Kier molecular flexibility index (Phi) is 7.85. The molecule has 1 aromatic heterocycles. The van der Waals surface area contributed by atoms with Gasteiger partial charge < -0.3 is 20.1 Å². The Morgan fingerprint density at radius 2 is 1.71 bits per heavy atom. The van der Waals surface area contributed by atoms with Crippen LogP contribution in [0.4, 0.5) is 0 Å². The number of hydroxylamine groups is 1. The molecule has 0 fully saturated rings.